The lowest BCUT2D eigenvalue weighted by molar-refractivity contribution is -0.117. The van der Waals surface area contributed by atoms with E-state index in [1.165, 1.54) is 5.56 Å². The molecule has 0 spiro atoms. The van der Waals surface area contributed by atoms with Gasteiger partial charge in [0.05, 0.1) is 5.66 Å². The number of nitrogens with zero attached hydrogens (tertiary/aromatic N) is 1. The summed E-state index contributed by atoms with van der Waals surface area (Å²) in [6.07, 6.45) is 0.694. The zero-order valence-corrected chi connectivity index (χ0v) is 14.3. The Labute approximate surface area is 139 Å². The first-order valence-electron chi connectivity index (χ1n) is 7.34. The monoisotopic (exact) mass is 358 g/mol. The Morgan fingerprint density at radius 3 is 2.59 bits per heavy atom. The van der Waals surface area contributed by atoms with E-state index in [1.54, 1.807) is 11.8 Å². The maximum Gasteiger partial charge on any atom is 0.225 e. The summed E-state index contributed by atoms with van der Waals surface area (Å²) in [6, 6.07) is 16.4. The SMILES string of the molecule is CC(=O)N1c2ccc(Br)cc2C(c2ccccc2)CC1(C)N. The Balaban J connectivity index is 2.21. The molecule has 3 nitrogen and oxygen atoms in total. The summed E-state index contributed by atoms with van der Waals surface area (Å²) in [5, 5.41) is 0. The van der Waals surface area contributed by atoms with Gasteiger partial charge in [-0.15, -0.1) is 0 Å². The second kappa shape index (κ2) is 5.52. The van der Waals surface area contributed by atoms with Crippen LogP contribution in [0.3, 0.4) is 0 Å². The van der Waals surface area contributed by atoms with Crippen LogP contribution in [0.1, 0.15) is 37.3 Å². The molecule has 0 bridgehead atoms. The number of carbonyl (C=O) groups excluding carboxylic acids is 1. The predicted octanol–water partition coefficient (Wildman–Crippen LogP) is 4.01. The van der Waals surface area contributed by atoms with E-state index in [1.807, 2.05) is 37.3 Å². The minimum atomic E-state index is -0.701. The van der Waals surface area contributed by atoms with Crippen LogP contribution < -0.4 is 10.6 Å². The van der Waals surface area contributed by atoms with Gasteiger partial charge in [-0.2, -0.15) is 0 Å². The van der Waals surface area contributed by atoms with Gasteiger partial charge in [0.1, 0.15) is 0 Å². The third-order valence-electron chi connectivity index (χ3n) is 4.25. The highest BCUT2D eigenvalue weighted by atomic mass is 79.9. The summed E-state index contributed by atoms with van der Waals surface area (Å²) >= 11 is 3.54. The maximum atomic E-state index is 12.1. The molecule has 0 aliphatic carbocycles. The van der Waals surface area contributed by atoms with Crippen molar-refractivity contribution in [2.75, 3.05) is 4.90 Å². The van der Waals surface area contributed by atoms with Gasteiger partial charge in [-0.05, 0) is 42.7 Å². The Kier molecular flexibility index (Phi) is 3.83. The first kappa shape index (κ1) is 15.3. The van der Waals surface area contributed by atoms with Gasteiger partial charge in [-0.25, -0.2) is 0 Å². The first-order chi connectivity index (χ1) is 10.4. The molecule has 0 radical (unpaired) electrons. The van der Waals surface area contributed by atoms with Gasteiger partial charge >= 0.3 is 0 Å². The van der Waals surface area contributed by atoms with Crippen molar-refractivity contribution in [2.45, 2.75) is 31.8 Å². The third-order valence-corrected chi connectivity index (χ3v) is 4.74. The number of anilines is 1. The molecule has 0 saturated heterocycles. The van der Waals surface area contributed by atoms with E-state index < -0.39 is 5.66 Å². The van der Waals surface area contributed by atoms with Crippen molar-refractivity contribution >= 4 is 27.5 Å². The van der Waals surface area contributed by atoms with Crippen LogP contribution in [0, 0.1) is 0 Å². The number of carbonyl (C=O) groups is 1. The van der Waals surface area contributed by atoms with Crippen LogP contribution in [0.5, 0.6) is 0 Å². The van der Waals surface area contributed by atoms with Crippen LogP contribution in [0.15, 0.2) is 53.0 Å². The molecule has 1 aliphatic heterocycles. The molecular formula is C18H19BrN2O. The van der Waals surface area contributed by atoms with E-state index >= 15 is 0 Å². The van der Waals surface area contributed by atoms with Gasteiger partial charge in [-0.3, -0.25) is 9.69 Å². The average molecular weight is 359 g/mol. The number of benzene rings is 2. The topological polar surface area (TPSA) is 46.3 Å². The molecule has 2 aromatic carbocycles. The van der Waals surface area contributed by atoms with Gasteiger partial charge in [0.15, 0.2) is 0 Å². The van der Waals surface area contributed by atoms with Gasteiger partial charge in [0.25, 0.3) is 0 Å². The lowest BCUT2D eigenvalue weighted by Crippen LogP contribution is -2.59. The number of halogens is 1. The number of hydrogen-bond donors (Lipinski definition) is 1. The largest absolute Gasteiger partial charge is 0.309 e. The highest BCUT2D eigenvalue weighted by molar-refractivity contribution is 9.10. The lowest BCUT2D eigenvalue weighted by Gasteiger charge is -2.46. The number of nitrogens with two attached hydrogens (primary N) is 1. The highest BCUT2D eigenvalue weighted by Gasteiger charge is 2.41. The molecule has 1 aliphatic rings. The van der Waals surface area contributed by atoms with Crippen molar-refractivity contribution in [3.8, 4) is 0 Å². The Morgan fingerprint density at radius 1 is 1.27 bits per heavy atom. The van der Waals surface area contributed by atoms with E-state index in [0.717, 1.165) is 15.7 Å². The fraction of sp³-hybridized carbons (Fsp3) is 0.278. The van der Waals surface area contributed by atoms with Crippen molar-refractivity contribution in [2.24, 2.45) is 5.73 Å². The van der Waals surface area contributed by atoms with E-state index in [-0.39, 0.29) is 11.8 Å². The fourth-order valence-corrected chi connectivity index (χ4v) is 3.79. The molecule has 2 atom stereocenters. The molecule has 0 fully saturated rings. The second-order valence-electron chi connectivity index (χ2n) is 6.08. The number of amides is 1. The Morgan fingerprint density at radius 2 is 1.95 bits per heavy atom. The molecule has 114 valence electrons. The molecule has 22 heavy (non-hydrogen) atoms. The molecule has 0 aromatic heterocycles. The van der Waals surface area contributed by atoms with Crippen molar-refractivity contribution in [1.29, 1.82) is 0 Å². The third kappa shape index (κ3) is 2.57. The van der Waals surface area contributed by atoms with Crippen LogP contribution in [-0.2, 0) is 4.79 Å². The van der Waals surface area contributed by atoms with Crippen molar-refractivity contribution in [3.63, 3.8) is 0 Å². The van der Waals surface area contributed by atoms with E-state index in [0.29, 0.717) is 6.42 Å². The van der Waals surface area contributed by atoms with Crippen LogP contribution in [-0.4, -0.2) is 11.6 Å². The van der Waals surface area contributed by atoms with Gasteiger partial charge in [-0.1, -0.05) is 46.3 Å². The summed E-state index contributed by atoms with van der Waals surface area (Å²) in [5.41, 5.74) is 9.06. The van der Waals surface area contributed by atoms with Crippen LogP contribution in [0.2, 0.25) is 0 Å². The second-order valence-corrected chi connectivity index (χ2v) is 7.00. The zero-order chi connectivity index (χ0) is 15.9. The van der Waals surface area contributed by atoms with Gasteiger partial charge in [0.2, 0.25) is 5.91 Å². The summed E-state index contributed by atoms with van der Waals surface area (Å²) in [6.45, 7) is 3.50. The molecule has 2 unspecified atom stereocenters. The molecule has 2 N–H and O–H groups in total. The van der Waals surface area contributed by atoms with Crippen molar-refractivity contribution in [3.05, 3.63) is 64.1 Å². The summed E-state index contributed by atoms with van der Waals surface area (Å²) < 4.78 is 1.01. The fourth-order valence-electron chi connectivity index (χ4n) is 3.41. The molecule has 1 amide bonds. The minimum absolute atomic E-state index is 0.0277. The van der Waals surface area contributed by atoms with E-state index in [4.69, 9.17) is 5.73 Å². The summed E-state index contributed by atoms with van der Waals surface area (Å²) in [5.74, 6) is 0.152. The minimum Gasteiger partial charge on any atom is -0.309 e. The van der Waals surface area contributed by atoms with Crippen LogP contribution in [0.4, 0.5) is 5.69 Å². The first-order valence-corrected chi connectivity index (χ1v) is 8.13. The molecule has 3 rings (SSSR count). The predicted molar refractivity (Wildman–Crippen MR) is 92.8 cm³/mol. The Bertz CT molecular complexity index is 712. The molecule has 2 aromatic rings. The van der Waals surface area contributed by atoms with Gasteiger partial charge < -0.3 is 5.73 Å². The van der Waals surface area contributed by atoms with Crippen LogP contribution in [0.25, 0.3) is 0 Å². The van der Waals surface area contributed by atoms with Crippen molar-refractivity contribution in [1.82, 2.24) is 0 Å². The van der Waals surface area contributed by atoms with Crippen LogP contribution >= 0.6 is 15.9 Å². The molecule has 0 saturated carbocycles. The summed E-state index contributed by atoms with van der Waals surface area (Å²) in [4.78, 5) is 13.9. The number of fused-ring (bicyclic) bond motifs is 1. The average Bonchev–Trinajstić information content (AvgIpc) is 2.46. The normalized spacial score (nSPS) is 24.0. The van der Waals surface area contributed by atoms with E-state index in [2.05, 4.69) is 34.1 Å². The van der Waals surface area contributed by atoms with Crippen molar-refractivity contribution < 1.29 is 4.79 Å². The number of hydrogen-bond acceptors (Lipinski definition) is 2. The standard InChI is InChI=1S/C18H19BrN2O/c1-12(22)21-17-9-8-14(19)10-15(17)16(11-18(21,2)20)13-6-4-3-5-7-13/h3-10,16H,11,20H2,1-2H3. The van der Waals surface area contributed by atoms with E-state index in [9.17, 15) is 4.79 Å². The number of rotatable bonds is 1. The molecule has 4 heteroatoms. The lowest BCUT2D eigenvalue weighted by atomic mass is 9.79. The maximum absolute atomic E-state index is 12.1. The quantitative estimate of drug-likeness (QED) is 0.836. The Hall–Kier alpha value is -1.65. The molecule has 1 heterocycles. The van der Waals surface area contributed by atoms with Gasteiger partial charge in [0, 0.05) is 23.0 Å². The smallest absolute Gasteiger partial charge is 0.225 e. The molecular weight excluding hydrogens is 340 g/mol. The zero-order valence-electron chi connectivity index (χ0n) is 12.7. The highest BCUT2D eigenvalue weighted by Crippen LogP contribution is 2.45. The summed E-state index contributed by atoms with van der Waals surface area (Å²) in [7, 11) is 0.